The van der Waals surface area contributed by atoms with E-state index < -0.39 is 5.09 Å². The molecule has 0 aromatic carbocycles. The van der Waals surface area contributed by atoms with Gasteiger partial charge in [-0.05, 0) is 0 Å². The van der Waals surface area contributed by atoms with Crippen LogP contribution in [-0.2, 0) is 0 Å². The summed E-state index contributed by atoms with van der Waals surface area (Å²) in [5.74, 6) is 0. The van der Waals surface area contributed by atoms with Crippen LogP contribution < -0.4 is 0 Å². The molecule has 0 unspecified atom stereocenters. The van der Waals surface area contributed by atoms with E-state index in [1.165, 1.54) is 0 Å². The average Bonchev–Trinajstić information content (AvgIpc) is 0.811. The summed E-state index contributed by atoms with van der Waals surface area (Å²) >= 11 is 0. The van der Waals surface area contributed by atoms with Gasteiger partial charge in [0.2, 0.25) is 0 Å². The second-order valence-electron chi connectivity index (χ2n) is 0.238. The predicted octanol–water partition coefficient (Wildman–Crippen LogP) is -1.55. The molecule has 0 spiro atoms. The maximum absolute atomic E-state index is 8.36. The minimum atomic E-state index is -1.50. The second kappa shape index (κ2) is 8.83. The third-order valence-corrected chi connectivity index (χ3v) is 0. The molecule has 0 bridgehead atoms. The van der Waals surface area contributed by atoms with Gasteiger partial charge < -0.3 is 10.7 Å². The molecule has 0 aliphatic rings. The largest absolute Gasteiger partial charge is 0.412 e. The summed E-state index contributed by atoms with van der Waals surface area (Å²) in [5.41, 5.74) is 0. The van der Waals surface area contributed by atoms with Gasteiger partial charge in [0.1, 0.15) is 0 Å². The maximum Gasteiger partial charge on any atom is 0.291 e. The first-order valence-electron chi connectivity index (χ1n) is 0.565. The Labute approximate surface area is 44.1 Å². The molecule has 3 radical (unpaired) electrons. The molecule has 0 aliphatic heterocycles. The summed E-state index contributed by atoms with van der Waals surface area (Å²) in [6.07, 6.45) is 0. The summed E-state index contributed by atoms with van der Waals surface area (Å²) in [4.78, 5) is 8.36. The van der Waals surface area contributed by atoms with Gasteiger partial charge in [0.05, 0.1) is 0 Å². The lowest BCUT2D eigenvalue weighted by Gasteiger charge is -1.56. The van der Waals surface area contributed by atoms with Crippen molar-refractivity contribution < 1.29 is 15.8 Å². The molecule has 0 saturated heterocycles. The summed E-state index contributed by atoms with van der Waals surface area (Å²) in [6.45, 7) is 0. The highest BCUT2D eigenvalue weighted by Gasteiger charge is 1.65. The van der Waals surface area contributed by atoms with E-state index in [-0.39, 0.29) is 22.8 Å². The Bertz CT molecular complexity index is 30.5. The highest BCUT2D eigenvalue weighted by Crippen LogP contribution is 1.38. The molecule has 0 rings (SSSR count). The van der Waals surface area contributed by atoms with Gasteiger partial charge in [0.15, 0.2) is 0 Å². The third kappa shape index (κ3) is 283. The fourth-order valence-corrected chi connectivity index (χ4v) is 0. The zero-order chi connectivity index (χ0) is 3.58. The highest BCUT2D eigenvalue weighted by atomic mass is 27.0. The fourth-order valence-electron chi connectivity index (χ4n) is 0. The van der Waals surface area contributed by atoms with E-state index in [4.69, 9.17) is 15.3 Å². The van der Waals surface area contributed by atoms with Gasteiger partial charge in [-0.15, -0.1) is 10.1 Å². The van der Waals surface area contributed by atoms with Gasteiger partial charge in [-0.3, -0.25) is 0 Å². The van der Waals surface area contributed by atoms with E-state index in [0.29, 0.717) is 0 Å². The van der Waals surface area contributed by atoms with Crippen LogP contribution in [0.15, 0.2) is 0 Å². The van der Waals surface area contributed by atoms with Gasteiger partial charge >= 0.3 is 0 Å². The van der Waals surface area contributed by atoms with Crippen molar-refractivity contribution in [1.82, 2.24) is 0 Å². The van der Waals surface area contributed by atoms with Gasteiger partial charge in [0, 0.05) is 17.4 Å². The van der Waals surface area contributed by atoms with Crippen LogP contribution in [0, 0.1) is 10.1 Å². The van der Waals surface area contributed by atoms with Crippen molar-refractivity contribution in [1.29, 1.82) is 0 Å². The molecule has 0 aromatic heterocycles. The SMILES string of the molecule is O.O=[N+]([O-])O.[Al]. The van der Waals surface area contributed by atoms with Crippen LogP contribution in [0.3, 0.4) is 0 Å². The smallest absolute Gasteiger partial charge is 0.291 e. The van der Waals surface area contributed by atoms with Crippen molar-refractivity contribution in [2.45, 2.75) is 0 Å². The lowest BCUT2D eigenvalue weighted by molar-refractivity contribution is -0.742. The molecule has 0 aliphatic carbocycles. The van der Waals surface area contributed by atoms with Gasteiger partial charge in [-0.1, -0.05) is 0 Å². The number of nitrogens with zero attached hydrogens (tertiary/aromatic N) is 1. The molecule has 0 aromatic rings. The van der Waals surface area contributed by atoms with Crippen molar-refractivity contribution in [2.24, 2.45) is 0 Å². The summed E-state index contributed by atoms with van der Waals surface area (Å²) in [6, 6.07) is 0. The van der Waals surface area contributed by atoms with E-state index in [2.05, 4.69) is 0 Å². The van der Waals surface area contributed by atoms with Crippen LogP contribution in [0.5, 0.6) is 0 Å². The van der Waals surface area contributed by atoms with E-state index in [1.807, 2.05) is 0 Å². The van der Waals surface area contributed by atoms with Crippen molar-refractivity contribution in [3.05, 3.63) is 10.1 Å². The molecular formula is H3AlNO4. The normalized spacial score (nSPS) is 4.00. The van der Waals surface area contributed by atoms with Crippen molar-refractivity contribution in [3.63, 3.8) is 0 Å². The van der Waals surface area contributed by atoms with Gasteiger partial charge in [-0.25, -0.2) is 0 Å². The quantitative estimate of drug-likeness (QED) is 0.231. The Hall–Kier alpha value is -0.308. The molecule has 3 N–H and O–H groups in total. The number of hydrogen-bond acceptors (Lipinski definition) is 2. The topological polar surface area (TPSA) is 94.9 Å². The van der Waals surface area contributed by atoms with Crippen LogP contribution >= 0.6 is 0 Å². The molecule has 0 atom stereocenters. The average molecular weight is 108 g/mol. The molecule has 6 heteroatoms. The third-order valence-electron chi connectivity index (χ3n) is 0. The molecule has 35 valence electrons. The monoisotopic (exact) mass is 108 g/mol. The lowest BCUT2D eigenvalue weighted by Crippen LogP contribution is -1.81. The van der Waals surface area contributed by atoms with E-state index in [0.717, 1.165) is 0 Å². The van der Waals surface area contributed by atoms with Crippen molar-refractivity contribution in [2.75, 3.05) is 0 Å². The van der Waals surface area contributed by atoms with Gasteiger partial charge in [0.25, 0.3) is 5.09 Å². The van der Waals surface area contributed by atoms with Crippen LogP contribution in [-0.4, -0.2) is 33.1 Å². The Morgan fingerprint density at radius 2 is 1.67 bits per heavy atom. The van der Waals surface area contributed by atoms with Crippen molar-refractivity contribution in [3.8, 4) is 0 Å². The standard InChI is InChI=1S/Al.HNO3.H2O/c;2-1(3)4;/h;(H,2,3,4);1H2. The first kappa shape index (κ1) is 17.3. The number of hydrogen-bond donors (Lipinski definition) is 1. The first-order valence-corrected chi connectivity index (χ1v) is 0.565. The fraction of sp³-hybridized carbons (Fsp3) is 0. The summed E-state index contributed by atoms with van der Waals surface area (Å²) in [7, 11) is 0. The van der Waals surface area contributed by atoms with E-state index in [9.17, 15) is 0 Å². The maximum atomic E-state index is 8.36. The summed E-state index contributed by atoms with van der Waals surface area (Å²) < 4.78 is 0. The minimum absolute atomic E-state index is 0. The Morgan fingerprint density at radius 3 is 1.67 bits per heavy atom. The Kier molecular flexibility index (Phi) is 25.4. The minimum Gasteiger partial charge on any atom is -0.412 e. The molecule has 5 nitrogen and oxygen atoms in total. The molecule has 0 heterocycles. The zero-order valence-electron chi connectivity index (χ0n) is 2.79. The second-order valence-corrected chi connectivity index (χ2v) is 0.238. The van der Waals surface area contributed by atoms with Gasteiger partial charge in [-0.2, -0.15) is 0 Å². The van der Waals surface area contributed by atoms with Crippen LogP contribution in [0.25, 0.3) is 0 Å². The van der Waals surface area contributed by atoms with Crippen LogP contribution in [0.4, 0.5) is 0 Å². The highest BCUT2D eigenvalue weighted by molar-refractivity contribution is 5.75. The lowest BCUT2D eigenvalue weighted by atomic mass is 13.1. The van der Waals surface area contributed by atoms with Crippen LogP contribution in [0.2, 0.25) is 0 Å². The zero-order valence-corrected chi connectivity index (χ0v) is 3.94. The van der Waals surface area contributed by atoms with Crippen LogP contribution in [0.1, 0.15) is 0 Å². The van der Waals surface area contributed by atoms with Crippen molar-refractivity contribution >= 4 is 17.4 Å². The van der Waals surface area contributed by atoms with E-state index in [1.54, 1.807) is 0 Å². The molecule has 0 amide bonds. The Morgan fingerprint density at radius 1 is 1.67 bits per heavy atom. The first-order chi connectivity index (χ1) is 1.73. The summed E-state index contributed by atoms with van der Waals surface area (Å²) in [5, 5.41) is 13.6. The predicted molar refractivity (Wildman–Crippen MR) is 18.1 cm³/mol. The molecule has 6 heavy (non-hydrogen) atoms. The molecule has 0 fully saturated rings. The molecule has 0 saturated carbocycles. The number of rotatable bonds is 0. The Balaban J connectivity index is -0.0000000450. The molecular weight excluding hydrogens is 105 g/mol. The van der Waals surface area contributed by atoms with E-state index >= 15 is 0 Å².